The average molecular weight is 414 g/mol. The first-order valence-corrected chi connectivity index (χ1v) is 11.0. The lowest BCUT2D eigenvalue weighted by molar-refractivity contribution is -0.135. The number of ether oxygens (including phenoxy) is 1. The normalized spacial score (nSPS) is 16.7. The van der Waals surface area contributed by atoms with Gasteiger partial charge in [0.15, 0.2) is 0 Å². The van der Waals surface area contributed by atoms with E-state index in [-0.39, 0.29) is 5.91 Å². The molecule has 1 unspecified atom stereocenters. The van der Waals surface area contributed by atoms with Crippen LogP contribution in [0.1, 0.15) is 32.0 Å². The van der Waals surface area contributed by atoms with Crippen LogP contribution in [0.2, 0.25) is 0 Å². The maximum Gasteiger partial charge on any atom is 0.242 e. The summed E-state index contributed by atoms with van der Waals surface area (Å²) in [4.78, 5) is 20.0. The van der Waals surface area contributed by atoms with E-state index in [1.54, 1.807) is 0 Å². The van der Waals surface area contributed by atoms with Gasteiger partial charge in [0, 0.05) is 18.0 Å². The molecule has 5 nitrogen and oxygen atoms in total. The van der Waals surface area contributed by atoms with Gasteiger partial charge in [-0.1, -0.05) is 48.5 Å². The average Bonchev–Trinajstić information content (AvgIpc) is 3.15. The van der Waals surface area contributed by atoms with Crippen LogP contribution in [0, 0.1) is 0 Å². The zero-order valence-electron chi connectivity index (χ0n) is 17.8. The number of benzene rings is 3. The summed E-state index contributed by atoms with van der Waals surface area (Å²) in [5.41, 5.74) is 1.86. The van der Waals surface area contributed by atoms with E-state index in [9.17, 15) is 4.79 Å². The third kappa shape index (κ3) is 3.88. The molecule has 1 aromatic heterocycles. The monoisotopic (exact) mass is 413 g/mol. The van der Waals surface area contributed by atoms with Gasteiger partial charge in [0.05, 0.1) is 11.0 Å². The maximum absolute atomic E-state index is 13.2. The topological polar surface area (TPSA) is 47.4 Å². The molecule has 1 amide bonds. The molecule has 0 spiro atoms. The van der Waals surface area contributed by atoms with E-state index >= 15 is 0 Å². The predicted octanol–water partition coefficient (Wildman–Crippen LogP) is 5.17. The van der Waals surface area contributed by atoms with Crippen molar-refractivity contribution in [1.29, 1.82) is 0 Å². The van der Waals surface area contributed by atoms with E-state index in [1.807, 2.05) is 58.0 Å². The quantitative estimate of drug-likeness (QED) is 0.453. The number of rotatable bonds is 5. The fourth-order valence-electron chi connectivity index (χ4n) is 4.57. The Kier molecular flexibility index (Phi) is 5.33. The van der Waals surface area contributed by atoms with E-state index in [1.165, 1.54) is 6.42 Å². The van der Waals surface area contributed by atoms with Gasteiger partial charge in [-0.25, -0.2) is 4.98 Å². The summed E-state index contributed by atoms with van der Waals surface area (Å²) in [5.74, 6) is 1.75. The van der Waals surface area contributed by atoms with Gasteiger partial charge < -0.3 is 14.2 Å². The summed E-state index contributed by atoms with van der Waals surface area (Å²) in [6.45, 7) is 3.59. The van der Waals surface area contributed by atoms with E-state index < -0.39 is 0 Å². The molecule has 1 aliphatic rings. The van der Waals surface area contributed by atoms with Gasteiger partial charge in [-0.05, 0) is 49.8 Å². The Morgan fingerprint density at radius 3 is 2.74 bits per heavy atom. The Labute approximate surface area is 182 Å². The minimum Gasteiger partial charge on any atom is -0.485 e. The van der Waals surface area contributed by atoms with Crippen molar-refractivity contribution in [2.75, 3.05) is 6.54 Å². The summed E-state index contributed by atoms with van der Waals surface area (Å²) < 4.78 is 8.23. The highest BCUT2D eigenvalue weighted by atomic mass is 16.5. The SMILES string of the molecule is CC1CCCCN1C(=O)Cn1c(COc2cccc3ccccc23)nc2ccccc21. The molecular formula is C26H27N3O2. The number of carbonyl (C=O) groups excluding carboxylic acids is 1. The number of aromatic nitrogens is 2. The van der Waals surface area contributed by atoms with Gasteiger partial charge in [0.2, 0.25) is 5.91 Å². The van der Waals surface area contributed by atoms with Crippen LogP contribution in [-0.4, -0.2) is 32.9 Å². The number of fused-ring (bicyclic) bond motifs is 2. The summed E-state index contributed by atoms with van der Waals surface area (Å²) in [6, 6.07) is 22.5. The molecule has 158 valence electrons. The molecule has 0 radical (unpaired) electrons. The first-order valence-electron chi connectivity index (χ1n) is 11.0. The van der Waals surface area contributed by atoms with Crippen LogP contribution in [0.15, 0.2) is 66.7 Å². The lowest BCUT2D eigenvalue weighted by atomic mass is 10.0. The summed E-state index contributed by atoms with van der Waals surface area (Å²) >= 11 is 0. The second kappa shape index (κ2) is 8.42. The molecule has 5 heteroatoms. The molecular weight excluding hydrogens is 386 g/mol. The van der Waals surface area contributed by atoms with Crippen molar-refractivity contribution in [3.8, 4) is 5.75 Å². The van der Waals surface area contributed by atoms with E-state index in [0.717, 1.165) is 52.8 Å². The van der Waals surface area contributed by atoms with Gasteiger partial charge in [-0.15, -0.1) is 0 Å². The van der Waals surface area contributed by atoms with Crippen LogP contribution < -0.4 is 4.74 Å². The van der Waals surface area contributed by atoms with E-state index in [2.05, 4.69) is 25.1 Å². The zero-order chi connectivity index (χ0) is 21.2. The number of carbonyl (C=O) groups is 1. The van der Waals surface area contributed by atoms with Crippen molar-refractivity contribution >= 4 is 27.7 Å². The van der Waals surface area contributed by atoms with Crippen molar-refractivity contribution in [2.24, 2.45) is 0 Å². The number of piperidine rings is 1. The molecule has 1 saturated heterocycles. The summed E-state index contributed by atoms with van der Waals surface area (Å²) in [6.07, 6.45) is 3.36. The van der Waals surface area contributed by atoms with Crippen molar-refractivity contribution in [2.45, 2.75) is 45.4 Å². The minimum absolute atomic E-state index is 0.154. The molecule has 5 rings (SSSR count). The van der Waals surface area contributed by atoms with Gasteiger partial charge in [0.1, 0.15) is 24.7 Å². The predicted molar refractivity (Wildman–Crippen MR) is 123 cm³/mol. The van der Waals surface area contributed by atoms with Crippen LogP contribution >= 0.6 is 0 Å². The minimum atomic E-state index is 0.154. The van der Waals surface area contributed by atoms with Gasteiger partial charge in [-0.2, -0.15) is 0 Å². The Balaban J connectivity index is 1.44. The van der Waals surface area contributed by atoms with Crippen molar-refractivity contribution in [1.82, 2.24) is 14.5 Å². The van der Waals surface area contributed by atoms with Crippen LogP contribution in [0.3, 0.4) is 0 Å². The van der Waals surface area contributed by atoms with Crippen LogP contribution in [0.25, 0.3) is 21.8 Å². The Hall–Kier alpha value is -3.34. The third-order valence-corrected chi connectivity index (χ3v) is 6.26. The third-order valence-electron chi connectivity index (χ3n) is 6.26. The number of nitrogens with zero attached hydrogens (tertiary/aromatic N) is 3. The fourth-order valence-corrected chi connectivity index (χ4v) is 4.57. The Bertz CT molecular complexity index is 1220. The number of amides is 1. The molecule has 0 N–H and O–H groups in total. The van der Waals surface area contributed by atoms with Gasteiger partial charge in [-0.3, -0.25) is 4.79 Å². The molecule has 0 aliphatic carbocycles. The van der Waals surface area contributed by atoms with Crippen LogP contribution in [0.4, 0.5) is 0 Å². The van der Waals surface area contributed by atoms with E-state index in [0.29, 0.717) is 19.2 Å². The Morgan fingerprint density at radius 2 is 1.84 bits per heavy atom. The second-order valence-corrected chi connectivity index (χ2v) is 8.30. The fraction of sp³-hybridized carbons (Fsp3) is 0.308. The number of para-hydroxylation sites is 2. The highest BCUT2D eigenvalue weighted by Crippen LogP contribution is 2.27. The molecule has 0 saturated carbocycles. The Morgan fingerprint density at radius 1 is 1.03 bits per heavy atom. The standard InChI is InChI=1S/C26H27N3O2/c1-19-9-6-7-16-28(19)26(30)17-29-23-14-5-4-13-22(23)27-25(29)18-31-24-15-8-11-20-10-2-3-12-21(20)24/h2-5,8,10-15,19H,6-7,9,16-18H2,1H3. The summed E-state index contributed by atoms with van der Waals surface area (Å²) in [7, 11) is 0. The first kappa shape index (κ1) is 19.6. The van der Waals surface area contributed by atoms with Crippen molar-refractivity contribution < 1.29 is 9.53 Å². The van der Waals surface area contributed by atoms with E-state index in [4.69, 9.17) is 9.72 Å². The maximum atomic E-state index is 13.2. The number of imidazole rings is 1. The first-order chi connectivity index (χ1) is 15.2. The number of hydrogen-bond donors (Lipinski definition) is 0. The highest BCUT2D eigenvalue weighted by Gasteiger charge is 2.24. The number of likely N-dealkylation sites (tertiary alicyclic amines) is 1. The van der Waals surface area contributed by atoms with Crippen LogP contribution in [-0.2, 0) is 17.9 Å². The molecule has 3 aromatic carbocycles. The summed E-state index contributed by atoms with van der Waals surface area (Å²) in [5, 5.41) is 2.22. The lowest BCUT2D eigenvalue weighted by Crippen LogP contribution is -2.43. The largest absolute Gasteiger partial charge is 0.485 e. The zero-order valence-corrected chi connectivity index (χ0v) is 17.8. The van der Waals surface area contributed by atoms with Crippen LogP contribution in [0.5, 0.6) is 5.75 Å². The smallest absolute Gasteiger partial charge is 0.242 e. The molecule has 2 heterocycles. The molecule has 31 heavy (non-hydrogen) atoms. The molecule has 1 atom stereocenters. The van der Waals surface area contributed by atoms with Gasteiger partial charge >= 0.3 is 0 Å². The molecule has 1 aliphatic heterocycles. The lowest BCUT2D eigenvalue weighted by Gasteiger charge is -2.33. The van der Waals surface area contributed by atoms with Gasteiger partial charge in [0.25, 0.3) is 0 Å². The molecule has 0 bridgehead atoms. The second-order valence-electron chi connectivity index (χ2n) is 8.30. The van der Waals surface area contributed by atoms with Crippen molar-refractivity contribution in [3.63, 3.8) is 0 Å². The number of hydrogen-bond acceptors (Lipinski definition) is 3. The molecule has 4 aromatic rings. The highest BCUT2D eigenvalue weighted by molar-refractivity contribution is 5.88. The van der Waals surface area contributed by atoms with Crippen molar-refractivity contribution in [3.05, 3.63) is 72.6 Å². The molecule has 1 fully saturated rings.